The Bertz CT molecular complexity index is 330. The van der Waals surface area contributed by atoms with Crippen molar-refractivity contribution in [1.29, 1.82) is 0 Å². The second-order valence-corrected chi connectivity index (χ2v) is 7.15. The Balaban J connectivity index is 1.59. The molecule has 1 saturated carbocycles. The molecular weight excluding hydrogens is 228 g/mol. The van der Waals surface area contributed by atoms with E-state index in [9.17, 15) is 4.79 Å². The molecule has 0 spiro atoms. The molecule has 4 atom stereocenters. The molecule has 1 amide bonds. The lowest BCUT2D eigenvalue weighted by atomic mass is 9.69. The van der Waals surface area contributed by atoms with E-state index in [4.69, 9.17) is 4.74 Å². The molecule has 102 valence electrons. The van der Waals surface area contributed by atoms with Crippen molar-refractivity contribution in [2.45, 2.75) is 45.3 Å². The van der Waals surface area contributed by atoms with E-state index in [1.54, 1.807) is 0 Å². The molecule has 0 aromatic heterocycles. The molecule has 0 bridgehead atoms. The second kappa shape index (κ2) is 4.12. The quantitative estimate of drug-likeness (QED) is 0.715. The van der Waals surface area contributed by atoms with Gasteiger partial charge in [0.05, 0.1) is 0 Å². The first kappa shape index (κ1) is 12.3. The van der Waals surface area contributed by atoms with Gasteiger partial charge in [0.15, 0.2) is 0 Å². The first-order valence-electron chi connectivity index (χ1n) is 7.14. The van der Waals surface area contributed by atoms with Gasteiger partial charge in [-0.3, -0.25) is 0 Å². The summed E-state index contributed by atoms with van der Waals surface area (Å²) in [5.74, 6) is 2.26. The van der Waals surface area contributed by atoms with E-state index in [2.05, 4.69) is 5.32 Å². The van der Waals surface area contributed by atoms with Crippen LogP contribution in [0.2, 0.25) is 0 Å². The third-order valence-electron chi connectivity index (χ3n) is 4.60. The van der Waals surface area contributed by atoms with Crippen molar-refractivity contribution in [2.75, 3.05) is 19.6 Å². The average Bonchev–Trinajstić information content (AvgIpc) is 2.61. The van der Waals surface area contributed by atoms with E-state index in [0.717, 1.165) is 25.0 Å². The summed E-state index contributed by atoms with van der Waals surface area (Å²) in [6.45, 7) is 8.77. The van der Waals surface area contributed by atoms with Crippen LogP contribution in [-0.4, -0.2) is 42.3 Å². The fraction of sp³-hybridized carbons (Fsp3) is 0.929. The summed E-state index contributed by atoms with van der Waals surface area (Å²) in [6.07, 6.45) is 2.41. The van der Waals surface area contributed by atoms with Crippen LogP contribution in [0.15, 0.2) is 0 Å². The third-order valence-corrected chi connectivity index (χ3v) is 4.60. The van der Waals surface area contributed by atoms with Crippen molar-refractivity contribution < 1.29 is 9.53 Å². The number of likely N-dealkylation sites (tertiary alicyclic amines) is 1. The molecule has 1 N–H and O–H groups in total. The van der Waals surface area contributed by atoms with Gasteiger partial charge in [-0.05, 0) is 57.9 Å². The lowest BCUT2D eigenvalue weighted by Crippen LogP contribution is -2.57. The zero-order chi connectivity index (χ0) is 12.9. The topological polar surface area (TPSA) is 41.6 Å². The molecule has 18 heavy (non-hydrogen) atoms. The van der Waals surface area contributed by atoms with Crippen LogP contribution in [0.3, 0.4) is 0 Å². The van der Waals surface area contributed by atoms with E-state index in [-0.39, 0.29) is 11.7 Å². The van der Waals surface area contributed by atoms with Crippen LogP contribution in [0.1, 0.15) is 33.6 Å². The highest BCUT2D eigenvalue weighted by Gasteiger charge is 2.46. The van der Waals surface area contributed by atoms with Crippen LogP contribution in [0.4, 0.5) is 4.79 Å². The van der Waals surface area contributed by atoms with Gasteiger partial charge >= 0.3 is 6.09 Å². The second-order valence-electron chi connectivity index (χ2n) is 7.15. The highest BCUT2D eigenvalue weighted by molar-refractivity contribution is 5.68. The number of hydrogen-bond acceptors (Lipinski definition) is 3. The number of amides is 1. The average molecular weight is 252 g/mol. The van der Waals surface area contributed by atoms with Gasteiger partial charge < -0.3 is 15.0 Å². The van der Waals surface area contributed by atoms with Gasteiger partial charge in [-0.2, -0.15) is 0 Å². The number of nitrogens with zero attached hydrogens (tertiary/aromatic N) is 1. The van der Waals surface area contributed by atoms with Crippen molar-refractivity contribution in [2.24, 2.45) is 17.8 Å². The Morgan fingerprint density at radius 2 is 1.83 bits per heavy atom. The number of nitrogens with one attached hydrogen (secondary N) is 1. The molecule has 2 heterocycles. The summed E-state index contributed by atoms with van der Waals surface area (Å²) < 4.78 is 5.47. The first-order valence-corrected chi connectivity index (χ1v) is 7.14. The maximum atomic E-state index is 12.1. The molecule has 4 heteroatoms. The van der Waals surface area contributed by atoms with Crippen LogP contribution in [0.25, 0.3) is 0 Å². The minimum Gasteiger partial charge on any atom is -0.444 e. The van der Waals surface area contributed by atoms with E-state index in [1.165, 1.54) is 19.4 Å². The summed E-state index contributed by atoms with van der Waals surface area (Å²) in [5, 5.41) is 3.51. The monoisotopic (exact) mass is 252 g/mol. The molecule has 1 aliphatic carbocycles. The third kappa shape index (κ3) is 2.22. The maximum absolute atomic E-state index is 12.1. The maximum Gasteiger partial charge on any atom is 0.410 e. The van der Waals surface area contributed by atoms with Gasteiger partial charge in [-0.1, -0.05) is 0 Å². The minimum absolute atomic E-state index is 0.128. The van der Waals surface area contributed by atoms with Crippen molar-refractivity contribution >= 4 is 6.09 Å². The summed E-state index contributed by atoms with van der Waals surface area (Å²) in [7, 11) is 0. The van der Waals surface area contributed by atoms with Gasteiger partial charge in [0, 0.05) is 19.1 Å². The number of carbonyl (C=O) groups is 1. The predicted molar refractivity (Wildman–Crippen MR) is 69.3 cm³/mol. The molecular formula is C14H24N2O2. The number of carbonyl (C=O) groups excluding carboxylic acids is 1. The standard InChI is InChI=1S/C14H24N2O2/c1-14(2,3)18-13(17)16-7-10-4-9-6-15-12(9)5-11(10)8-16/h9-12,15H,4-8H2,1-3H3/t9-,10+,11+,12+/m1/s1. The number of fused-ring (bicyclic) bond motifs is 2. The van der Waals surface area contributed by atoms with Crippen molar-refractivity contribution in [3.63, 3.8) is 0 Å². The summed E-state index contributed by atoms with van der Waals surface area (Å²) in [6, 6.07) is 0.727. The molecule has 3 rings (SSSR count). The van der Waals surface area contributed by atoms with Gasteiger partial charge in [-0.15, -0.1) is 0 Å². The van der Waals surface area contributed by atoms with Crippen LogP contribution < -0.4 is 5.32 Å². The number of ether oxygens (including phenoxy) is 1. The Hall–Kier alpha value is -0.770. The van der Waals surface area contributed by atoms with Crippen molar-refractivity contribution in [3.05, 3.63) is 0 Å². The van der Waals surface area contributed by atoms with Crippen LogP contribution in [-0.2, 0) is 4.74 Å². The Labute approximate surface area is 109 Å². The zero-order valence-electron chi connectivity index (χ0n) is 11.6. The van der Waals surface area contributed by atoms with Crippen LogP contribution >= 0.6 is 0 Å². The Morgan fingerprint density at radius 3 is 2.39 bits per heavy atom. The minimum atomic E-state index is -0.384. The summed E-state index contributed by atoms with van der Waals surface area (Å²) >= 11 is 0. The molecule has 3 aliphatic rings. The number of rotatable bonds is 0. The zero-order valence-corrected chi connectivity index (χ0v) is 11.6. The summed E-state index contributed by atoms with van der Waals surface area (Å²) in [5.41, 5.74) is -0.384. The fourth-order valence-electron chi connectivity index (χ4n) is 3.64. The highest BCUT2D eigenvalue weighted by Crippen LogP contribution is 2.42. The molecule has 3 fully saturated rings. The summed E-state index contributed by atoms with van der Waals surface area (Å²) in [4.78, 5) is 14.0. The van der Waals surface area contributed by atoms with E-state index < -0.39 is 0 Å². The normalized spacial score (nSPS) is 38.7. The van der Waals surface area contributed by atoms with Crippen molar-refractivity contribution in [1.82, 2.24) is 10.2 Å². The van der Waals surface area contributed by atoms with Gasteiger partial charge in [0.2, 0.25) is 0 Å². The molecule has 0 aromatic carbocycles. The molecule has 0 unspecified atom stereocenters. The molecule has 2 aliphatic heterocycles. The van der Waals surface area contributed by atoms with Crippen LogP contribution in [0, 0.1) is 17.8 Å². The highest BCUT2D eigenvalue weighted by atomic mass is 16.6. The molecule has 2 saturated heterocycles. The van der Waals surface area contributed by atoms with Gasteiger partial charge in [0.25, 0.3) is 0 Å². The van der Waals surface area contributed by atoms with Crippen LogP contribution in [0.5, 0.6) is 0 Å². The Kier molecular flexibility index (Phi) is 2.81. The lowest BCUT2D eigenvalue weighted by Gasteiger charge is -2.46. The number of hydrogen-bond donors (Lipinski definition) is 1. The Morgan fingerprint density at radius 1 is 1.17 bits per heavy atom. The first-order chi connectivity index (χ1) is 8.42. The molecule has 0 aromatic rings. The molecule has 4 nitrogen and oxygen atoms in total. The van der Waals surface area contributed by atoms with E-state index in [0.29, 0.717) is 11.8 Å². The van der Waals surface area contributed by atoms with E-state index in [1.807, 2.05) is 25.7 Å². The predicted octanol–water partition coefficient (Wildman–Crippen LogP) is 1.85. The van der Waals surface area contributed by atoms with Gasteiger partial charge in [-0.25, -0.2) is 4.79 Å². The smallest absolute Gasteiger partial charge is 0.410 e. The fourth-order valence-corrected chi connectivity index (χ4v) is 3.64. The molecule has 0 radical (unpaired) electrons. The van der Waals surface area contributed by atoms with E-state index >= 15 is 0 Å². The van der Waals surface area contributed by atoms with Gasteiger partial charge in [0.1, 0.15) is 5.60 Å². The largest absolute Gasteiger partial charge is 0.444 e. The lowest BCUT2D eigenvalue weighted by molar-refractivity contribution is 0.0284. The SMILES string of the molecule is CC(C)(C)OC(=O)N1C[C@@H]2C[C@@H]3CN[C@H]3C[C@H]2C1. The van der Waals surface area contributed by atoms with Crippen molar-refractivity contribution in [3.8, 4) is 0 Å².